The Morgan fingerprint density at radius 1 is 1.30 bits per heavy atom. The monoisotopic (exact) mass is 334 g/mol. The first kappa shape index (κ1) is 15.4. The van der Waals surface area contributed by atoms with Crippen LogP contribution in [0.5, 0.6) is 0 Å². The number of nitrogens with zero attached hydrogens (tertiary/aromatic N) is 3. The Morgan fingerprint density at radius 3 is 2.55 bits per heavy atom. The lowest BCUT2D eigenvalue weighted by atomic mass is 10.2. The number of aromatic nitrogens is 3. The Hall–Kier alpha value is -1.04. The molecule has 0 unspecified atom stereocenters. The van der Waals surface area contributed by atoms with Crippen molar-refractivity contribution in [2.45, 2.75) is 23.8 Å². The van der Waals surface area contributed by atoms with Crippen molar-refractivity contribution < 1.29 is 4.79 Å². The number of amides is 1. The van der Waals surface area contributed by atoms with E-state index in [-0.39, 0.29) is 11.8 Å². The summed E-state index contributed by atoms with van der Waals surface area (Å²) < 4.78 is -0.344. The van der Waals surface area contributed by atoms with Gasteiger partial charge in [-0.15, -0.1) is 5.10 Å². The topological polar surface area (TPSA) is 59.8 Å². The van der Waals surface area contributed by atoms with E-state index in [4.69, 9.17) is 34.8 Å². The van der Waals surface area contributed by atoms with Gasteiger partial charge < -0.3 is 5.32 Å². The van der Waals surface area contributed by atoms with E-state index in [1.54, 1.807) is 26.0 Å². The highest BCUT2D eigenvalue weighted by Gasteiger charge is 2.37. The van der Waals surface area contributed by atoms with Crippen molar-refractivity contribution in [2.75, 3.05) is 0 Å². The Balaban J connectivity index is 2.44. The molecule has 0 saturated carbocycles. The number of halogens is 3. The predicted octanol–water partition coefficient (Wildman–Crippen LogP) is 3.07. The average Bonchev–Trinajstić information content (AvgIpc) is 2.77. The van der Waals surface area contributed by atoms with Gasteiger partial charge in [0.2, 0.25) is 9.70 Å². The highest BCUT2D eigenvalue weighted by Crippen LogP contribution is 2.37. The SMILES string of the molecule is CC(C)C(=O)N[C@@H](n1nnc2ccccc21)C(Cl)(Cl)Cl. The lowest BCUT2D eigenvalue weighted by molar-refractivity contribution is -0.125. The van der Waals surface area contributed by atoms with Crippen molar-refractivity contribution in [1.82, 2.24) is 20.3 Å². The molecular weight excluding hydrogens is 323 g/mol. The van der Waals surface area contributed by atoms with Crippen molar-refractivity contribution in [3.05, 3.63) is 24.3 Å². The van der Waals surface area contributed by atoms with Crippen molar-refractivity contribution in [1.29, 1.82) is 0 Å². The van der Waals surface area contributed by atoms with E-state index < -0.39 is 9.96 Å². The van der Waals surface area contributed by atoms with Crippen LogP contribution in [0.3, 0.4) is 0 Å². The number of nitrogens with one attached hydrogen (secondary N) is 1. The maximum atomic E-state index is 11.9. The van der Waals surface area contributed by atoms with Gasteiger partial charge in [-0.05, 0) is 12.1 Å². The van der Waals surface area contributed by atoms with Crippen molar-refractivity contribution in [3.8, 4) is 0 Å². The van der Waals surface area contributed by atoms with Gasteiger partial charge in [0.25, 0.3) is 0 Å². The van der Waals surface area contributed by atoms with E-state index in [1.807, 2.05) is 12.1 Å². The lowest BCUT2D eigenvalue weighted by Crippen LogP contribution is -2.42. The summed E-state index contributed by atoms with van der Waals surface area (Å²) in [5.41, 5.74) is 1.33. The van der Waals surface area contributed by atoms with Gasteiger partial charge in [0.05, 0.1) is 5.52 Å². The van der Waals surface area contributed by atoms with Gasteiger partial charge in [0.15, 0.2) is 6.17 Å². The van der Waals surface area contributed by atoms with Gasteiger partial charge in [-0.2, -0.15) is 0 Å². The van der Waals surface area contributed by atoms with Crippen LogP contribution in [0.4, 0.5) is 0 Å². The van der Waals surface area contributed by atoms with Crippen molar-refractivity contribution in [2.24, 2.45) is 5.92 Å². The first-order valence-electron chi connectivity index (χ1n) is 5.97. The quantitative estimate of drug-likeness (QED) is 0.877. The van der Waals surface area contributed by atoms with E-state index in [0.717, 1.165) is 0 Å². The molecule has 0 aliphatic rings. The number of benzene rings is 1. The van der Waals surface area contributed by atoms with Crippen LogP contribution >= 0.6 is 34.8 Å². The molecule has 0 bridgehead atoms. The van der Waals surface area contributed by atoms with Crippen molar-refractivity contribution >= 4 is 51.7 Å². The molecule has 1 amide bonds. The van der Waals surface area contributed by atoms with E-state index in [9.17, 15) is 4.79 Å². The molecule has 1 heterocycles. The molecule has 20 heavy (non-hydrogen) atoms. The standard InChI is InChI=1S/C12H13Cl3N4O/c1-7(2)10(20)16-11(12(13,14)15)19-9-6-4-3-5-8(9)17-18-19/h3-7,11H,1-2H3,(H,16,20)/t11-/m0/s1. The molecule has 0 aliphatic heterocycles. The molecule has 1 aromatic carbocycles. The Bertz CT molecular complexity index is 620. The van der Waals surface area contributed by atoms with Crippen LogP contribution in [0.2, 0.25) is 0 Å². The van der Waals surface area contributed by atoms with Crippen LogP contribution in [0.25, 0.3) is 11.0 Å². The molecule has 8 heteroatoms. The van der Waals surface area contributed by atoms with Crippen LogP contribution in [0.15, 0.2) is 24.3 Å². The molecule has 2 aromatic rings. The third-order valence-electron chi connectivity index (χ3n) is 2.74. The predicted molar refractivity (Wildman–Crippen MR) is 79.8 cm³/mol. The van der Waals surface area contributed by atoms with Crippen LogP contribution in [0.1, 0.15) is 20.0 Å². The minimum absolute atomic E-state index is 0.235. The van der Waals surface area contributed by atoms with E-state index in [0.29, 0.717) is 11.0 Å². The summed E-state index contributed by atoms with van der Waals surface area (Å²) in [5.74, 6) is -0.472. The summed E-state index contributed by atoms with van der Waals surface area (Å²) >= 11 is 17.9. The maximum Gasteiger partial charge on any atom is 0.230 e. The normalized spacial score (nSPS) is 13.7. The maximum absolute atomic E-state index is 11.9. The van der Waals surface area contributed by atoms with E-state index in [1.165, 1.54) is 4.68 Å². The largest absolute Gasteiger partial charge is 0.330 e. The molecule has 2 rings (SSSR count). The van der Waals surface area contributed by atoms with Gasteiger partial charge >= 0.3 is 0 Å². The molecule has 0 aliphatic carbocycles. The second kappa shape index (κ2) is 5.76. The fourth-order valence-corrected chi connectivity index (χ4v) is 2.10. The zero-order chi connectivity index (χ0) is 14.9. The van der Waals surface area contributed by atoms with E-state index >= 15 is 0 Å². The van der Waals surface area contributed by atoms with Crippen LogP contribution in [-0.4, -0.2) is 24.7 Å². The number of fused-ring (bicyclic) bond motifs is 1. The smallest absolute Gasteiger partial charge is 0.230 e. The molecule has 1 N–H and O–H groups in total. The zero-order valence-electron chi connectivity index (χ0n) is 10.8. The Morgan fingerprint density at radius 2 is 1.95 bits per heavy atom. The molecule has 0 spiro atoms. The second-order valence-corrected chi connectivity index (χ2v) is 7.00. The third-order valence-corrected chi connectivity index (χ3v) is 3.36. The summed E-state index contributed by atoms with van der Waals surface area (Å²) in [6, 6.07) is 7.24. The van der Waals surface area contributed by atoms with Gasteiger partial charge in [-0.25, -0.2) is 4.68 Å². The molecule has 1 aromatic heterocycles. The zero-order valence-corrected chi connectivity index (χ0v) is 13.1. The molecule has 5 nitrogen and oxygen atoms in total. The first-order valence-corrected chi connectivity index (χ1v) is 7.11. The third kappa shape index (κ3) is 3.16. The summed E-state index contributed by atoms with van der Waals surface area (Å²) in [4.78, 5) is 11.9. The Labute approximate surface area is 131 Å². The molecule has 108 valence electrons. The van der Waals surface area contributed by atoms with Crippen LogP contribution in [0, 0.1) is 5.92 Å². The number of rotatable bonds is 3. The minimum Gasteiger partial charge on any atom is -0.330 e. The van der Waals surface area contributed by atoms with E-state index in [2.05, 4.69) is 15.6 Å². The fraction of sp³-hybridized carbons (Fsp3) is 0.417. The number of alkyl halides is 3. The Kier molecular flexibility index (Phi) is 4.42. The number of carbonyl (C=O) groups excluding carboxylic acids is 1. The highest BCUT2D eigenvalue weighted by atomic mass is 35.6. The molecule has 0 saturated heterocycles. The molecule has 1 atom stereocenters. The van der Waals surface area contributed by atoms with Gasteiger partial charge in [-0.1, -0.05) is 66.0 Å². The lowest BCUT2D eigenvalue weighted by Gasteiger charge is -2.26. The number of carbonyl (C=O) groups is 1. The molecule has 0 radical (unpaired) electrons. The van der Waals surface area contributed by atoms with Gasteiger partial charge in [0.1, 0.15) is 5.52 Å². The summed E-state index contributed by atoms with van der Waals surface area (Å²) in [6.07, 6.45) is -0.935. The summed E-state index contributed by atoms with van der Waals surface area (Å²) in [7, 11) is 0. The van der Waals surface area contributed by atoms with Crippen LogP contribution < -0.4 is 5.32 Å². The molecule has 0 fully saturated rings. The molecular formula is C12H13Cl3N4O. The number of para-hydroxylation sites is 1. The highest BCUT2D eigenvalue weighted by molar-refractivity contribution is 6.67. The van der Waals surface area contributed by atoms with Crippen LogP contribution in [-0.2, 0) is 4.79 Å². The minimum atomic E-state index is -1.75. The number of hydrogen-bond acceptors (Lipinski definition) is 3. The average molecular weight is 336 g/mol. The summed E-state index contributed by atoms with van der Waals surface area (Å²) in [5, 5.41) is 10.6. The van der Waals surface area contributed by atoms with Crippen molar-refractivity contribution in [3.63, 3.8) is 0 Å². The summed E-state index contributed by atoms with van der Waals surface area (Å²) in [6.45, 7) is 3.51. The van der Waals surface area contributed by atoms with Gasteiger partial charge in [-0.3, -0.25) is 4.79 Å². The fourth-order valence-electron chi connectivity index (χ4n) is 1.66. The second-order valence-electron chi connectivity index (χ2n) is 4.63. The van der Waals surface area contributed by atoms with Gasteiger partial charge in [0, 0.05) is 5.92 Å². The number of hydrogen-bond donors (Lipinski definition) is 1. The first-order chi connectivity index (χ1) is 9.30.